The van der Waals surface area contributed by atoms with Gasteiger partial charge in [0.05, 0.1) is 6.61 Å². The standard InChI is InChI=1S/C14H12O/c15-11-4-3-7-13-9-5-8-12-6-1-2-10-14(12)13/h1-2,4-10,15H,11H2. The van der Waals surface area contributed by atoms with Gasteiger partial charge in [-0.3, -0.25) is 0 Å². The fourth-order valence-corrected chi connectivity index (χ4v) is 1.58. The molecular formula is C14H12O. The van der Waals surface area contributed by atoms with Crippen molar-refractivity contribution < 1.29 is 5.11 Å². The van der Waals surface area contributed by atoms with Gasteiger partial charge in [-0.2, -0.15) is 0 Å². The Labute approximate surface area is 89.0 Å². The van der Waals surface area contributed by atoms with E-state index in [1.165, 1.54) is 10.8 Å². The molecular weight excluding hydrogens is 184 g/mol. The molecule has 0 aliphatic rings. The number of rotatable bonds is 2. The van der Waals surface area contributed by atoms with Crippen LogP contribution >= 0.6 is 0 Å². The summed E-state index contributed by atoms with van der Waals surface area (Å²) in [6, 6.07) is 14.4. The molecule has 0 amide bonds. The monoisotopic (exact) mass is 196 g/mol. The van der Waals surface area contributed by atoms with Crippen LogP contribution in [-0.4, -0.2) is 11.7 Å². The summed E-state index contributed by atoms with van der Waals surface area (Å²) in [7, 11) is 0. The molecule has 2 rings (SSSR count). The molecule has 1 N–H and O–H groups in total. The molecule has 0 radical (unpaired) electrons. The van der Waals surface area contributed by atoms with Crippen LogP contribution in [0.4, 0.5) is 0 Å². The van der Waals surface area contributed by atoms with Crippen molar-refractivity contribution in [3.05, 3.63) is 59.8 Å². The number of benzene rings is 2. The summed E-state index contributed by atoms with van der Waals surface area (Å²) in [4.78, 5) is 0. The second-order valence-electron chi connectivity index (χ2n) is 3.27. The molecule has 2 aromatic rings. The van der Waals surface area contributed by atoms with E-state index in [1.807, 2.05) is 30.3 Å². The van der Waals surface area contributed by atoms with E-state index in [1.54, 1.807) is 6.08 Å². The van der Waals surface area contributed by atoms with Gasteiger partial charge in [-0.05, 0) is 28.5 Å². The molecule has 0 aromatic heterocycles. The first-order valence-electron chi connectivity index (χ1n) is 4.91. The number of hydrogen-bond donors (Lipinski definition) is 1. The van der Waals surface area contributed by atoms with E-state index in [-0.39, 0.29) is 6.61 Å². The van der Waals surface area contributed by atoms with Gasteiger partial charge in [0.2, 0.25) is 0 Å². The number of aliphatic hydroxyl groups excluding tert-OH is 1. The summed E-state index contributed by atoms with van der Waals surface area (Å²) in [5, 5.41) is 11.0. The molecule has 1 heteroatoms. The minimum atomic E-state index is 0.0290. The van der Waals surface area contributed by atoms with Crippen molar-refractivity contribution in [1.82, 2.24) is 0 Å². The van der Waals surface area contributed by atoms with E-state index >= 15 is 0 Å². The zero-order chi connectivity index (χ0) is 10.5. The third-order valence-corrected chi connectivity index (χ3v) is 2.27. The van der Waals surface area contributed by atoms with E-state index in [4.69, 9.17) is 5.11 Å². The molecule has 0 fully saturated rings. The number of hydrogen-bond acceptors (Lipinski definition) is 1. The summed E-state index contributed by atoms with van der Waals surface area (Å²) in [5.41, 5.74) is 4.07. The lowest BCUT2D eigenvalue weighted by Crippen LogP contribution is -1.76. The first kappa shape index (κ1) is 9.72. The average molecular weight is 196 g/mol. The molecule has 0 atom stereocenters. The van der Waals surface area contributed by atoms with Crippen LogP contribution in [0.1, 0.15) is 5.56 Å². The lowest BCUT2D eigenvalue weighted by molar-refractivity contribution is 0.343. The normalized spacial score (nSPS) is 9.67. The van der Waals surface area contributed by atoms with Gasteiger partial charge in [0.15, 0.2) is 0 Å². The molecule has 15 heavy (non-hydrogen) atoms. The van der Waals surface area contributed by atoms with Crippen LogP contribution in [0.2, 0.25) is 0 Å². The van der Waals surface area contributed by atoms with E-state index in [2.05, 4.69) is 23.9 Å². The van der Waals surface area contributed by atoms with Gasteiger partial charge in [0.25, 0.3) is 0 Å². The molecule has 1 nitrogen and oxygen atoms in total. The fraction of sp³-hybridized carbons (Fsp3) is 0.0714. The zero-order valence-corrected chi connectivity index (χ0v) is 8.35. The van der Waals surface area contributed by atoms with E-state index in [9.17, 15) is 0 Å². The topological polar surface area (TPSA) is 20.2 Å². The van der Waals surface area contributed by atoms with E-state index in [0.29, 0.717) is 0 Å². The highest BCUT2D eigenvalue weighted by molar-refractivity contribution is 5.90. The summed E-state index contributed by atoms with van der Waals surface area (Å²) >= 11 is 0. The van der Waals surface area contributed by atoms with Crippen LogP contribution in [0.5, 0.6) is 0 Å². The van der Waals surface area contributed by atoms with Crippen LogP contribution < -0.4 is 0 Å². The first-order valence-corrected chi connectivity index (χ1v) is 4.91. The Morgan fingerprint density at radius 2 is 1.87 bits per heavy atom. The predicted molar refractivity (Wildman–Crippen MR) is 63.6 cm³/mol. The average Bonchev–Trinajstić information content (AvgIpc) is 2.30. The maximum atomic E-state index is 8.62. The summed E-state index contributed by atoms with van der Waals surface area (Å²) in [6.07, 6.45) is 3.49. The highest BCUT2D eigenvalue weighted by atomic mass is 16.2. The molecule has 74 valence electrons. The highest BCUT2D eigenvalue weighted by Crippen LogP contribution is 2.18. The SMILES string of the molecule is OCC=C=Cc1cccc2ccccc12. The van der Waals surface area contributed by atoms with Crippen molar-refractivity contribution in [3.63, 3.8) is 0 Å². The Morgan fingerprint density at radius 1 is 1.07 bits per heavy atom. The lowest BCUT2D eigenvalue weighted by atomic mass is 10.0. The van der Waals surface area contributed by atoms with Gasteiger partial charge in [0.1, 0.15) is 0 Å². The van der Waals surface area contributed by atoms with E-state index < -0.39 is 0 Å². The molecule has 2 aromatic carbocycles. The molecule has 0 spiro atoms. The van der Waals surface area contributed by atoms with Crippen LogP contribution in [0.25, 0.3) is 16.8 Å². The van der Waals surface area contributed by atoms with Gasteiger partial charge < -0.3 is 5.11 Å². The van der Waals surface area contributed by atoms with Crippen molar-refractivity contribution in [2.45, 2.75) is 0 Å². The first-order chi connectivity index (χ1) is 7.42. The minimum absolute atomic E-state index is 0.0290. The molecule has 0 saturated carbocycles. The maximum Gasteiger partial charge on any atom is 0.0686 e. The van der Waals surface area contributed by atoms with Crippen LogP contribution in [-0.2, 0) is 0 Å². The van der Waals surface area contributed by atoms with Crippen molar-refractivity contribution in [2.24, 2.45) is 0 Å². The van der Waals surface area contributed by atoms with Crippen LogP contribution in [0, 0.1) is 0 Å². The van der Waals surface area contributed by atoms with Crippen LogP contribution in [0.15, 0.2) is 54.3 Å². The van der Waals surface area contributed by atoms with Crippen molar-refractivity contribution >= 4 is 16.8 Å². The summed E-state index contributed by atoms with van der Waals surface area (Å²) in [5.74, 6) is 0. The molecule has 0 saturated heterocycles. The summed E-state index contributed by atoms with van der Waals surface area (Å²) < 4.78 is 0. The Morgan fingerprint density at radius 3 is 2.73 bits per heavy atom. The number of aliphatic hydroxyl groups is 1. The molecule has 0 aliphatic carbocycles. The Kier molecular flexibility index (Phi) is 2.99. The van der Waals surface area contributed by atoms with Gasteiger partial charge in [-0.15, -0.1) is 5.73 Å². The Balaban J connectivity index is 2.56. The van der Waals surface area contributed by atoms with Crippen LogP contribution in [0.3, 0.4) is 0 Å². The highest BCUT2D eigenvalue weighted by Gasteiger charge is 1.94. The van der Waals surface area contributed by atoms with Gasteiger partial charge in [-0.25, -0.2) is 0 Å². The van der Waals surface area contributed by atoms with Crippen molar-refractivity contribution in [2.75, 3.05) is 6.61 Å². The maximum absolute atomic E-state index is 8.62. The Hall–Kier alpha value is -1.82. The molecule has 0 bridgehead atoms. The zero-order valence-electron chi connectivity index (χ0n) is 8.35. The third-order valence-electron chi connectivity index (χ3n) is 2.27. The molecule has 0 aliphatic heterocycles. The largest absolute Gasteiger partial charge is 0.392 e. The minimum Gasteiger partial charge on any atom is -0.392 e. The quantitative estimate of drug-likeness (QED) is 0.732. The molecule has 0 unspecified atom stereocenters. The third kappa shape index (κ3) is 2.16. The lowest BCUT2D eigenvalue weighted by Gasteiger charge is -1.99. The van der Waals surface area contributed by atoms with Crippen molar-refractivity contribution in [3.8, 4) is 0 Å². The second kappa shape index (κ2) is 4.61. The fourth-order valence-electron chi connectivity index (χ4n) is 1.58. The molecule has 0 heterocycles. The van der Waals surface area contributed by atoms with Gasteiger partial charge >= 0.3 is 0 Å². The second-order valence-corrected chi connectivity index (χ2v) is 3.27. The summed E-state index contributed by atoms with van der Waals surface area (Å²) in [6.45, 7) is 0.0290. The van der Waals surface area contributed by atoms with E-state index in [0.717, 1.165) is 5.56 Å². The van der Waals surface area contributed by atoms with Crippen molar-refractivity contribution in [1.29, 1.82) is 0 Å². The van der Waals surface area contributed by atoms with Gasteiger partial charge in [0, 0.05) is 0 Å². The number of fused-ring (bicyclic) bond motifs is 1. The Bertz CT molecular complexity index is 514. The van der Waals surface area contributed by atoms with Gasteiger partial charge in [-0.1, -0.05) is 42.5 Å². The predicted octanol–water partition coefficient (Wildman–Crippen LogP) is 3.00. The smallest absolute Gasteiger partial charge is 0.0686 e.